The van der Waals surface area contributed by atoms with Crippen LogP contribution in [0.5, 0.6) is 0 Å². The number of benzene rings is 2. The molecule has 1 aliphatic heterocycles. The maximum absolute atomic E-state index is 15.1. The second kappa shape index (κ2) is 10.2. The van der Waals surface area contributed by atoms with Crippen molar-refractivity contribution in [1.82, 2.24) is 19.7 Å². The van der Waals surface area contributed by atoms with Crippen LogP contribution in [0.2, 0.25) is 5.02 Å². The molecule has 10 heteroatoms. The zero-order valence-corrected chi connectivity index (χ0v) is 23.6. The molecule has 3 aromatic heterocycles. The zero-order chi connectivity index (χ0) is 29.1. The summed E-state index contributed by atoms with van der Waals surface area (Å²) in [5, 5.41) is 6.70. The lowest BCUT2D eigenvalue weighted by atomic mass is 9.96. The number of hydrogen-bond acceptors (Lipinski definition) is 3. The van der Waals surface area contributed by atoms with Gasteiger partial charge in [0, 0.05) is 48.4 Å². The van der Waals surface area contributed by atoms with E-state index in [0.29, 0.717) is 30.3 Å². The number of nitrogens with one attached hydrogen (secondary N) is 1. The summed E-state index contributed by atoms with van der Waals surface area (Å²) in [7, 11) is 0. The molecule has 6 rings (SSSR count). The number of halogens is 5. The van der Waals surface area contributed by atoms with Crippen LogP contribution in [0.4, 0.5) is 23.4 Å². The van der Waals surface area contributed by atoms with E-state index < -0.39 is 17.6 Å². The molecule has 212 valence electrons. The average molecular weight is 582 g/mol. The predicted octanol–water partition coefficient (Wildman–Crippen LogP) is 8.22. The minimum atomic E-state index is -4.67. The standard InChI is InChI=1S/C31H28ClF4N5/c1-4-18-7-6-8-19(5-2)28(18)41-29(21-9-10-23(32)27-26(21)17(3)14-37-27)22-16-40(12-11-25(22)39-41)30-24(33)13-20(15-38-30)31(34,35)36/h6-10,13-15,37H,4-5,11-12,16H2,1-3H3. The summed E-state index contributed by atoms with van der Waals surface area (Å²) >= 11 is 6.57. The zero-order valence-electron chi connectivity index (χ0n) is 22.8. The maximum Gasteiger partial charge on any atom is 0.417 e. The van der Waals surface area contributed by atoms with Gasteiger partial charge in [-0.15, -0.1) is 0 Å². The highest BCUT2D eigenvalue weighted by atomic mass is 35.5. The molecule has 0 saturated heterocycles. The molecule has 5 aromatic rings. The third-order valence-corrected chi connectivity index (χ3v) is 8.21. The Kier molecular flexibility index (Phi) is 6.80. The molecule has 0 fully saturated rings. The molecule has 0 amide bonds. The van der Waals surface area contributed by atoms with E-state index in [9.17, 15) is 13.2 Å². The van der Waals surface area contributed by atoms with E-state index in [1.807, 2.05) is 29.9 Å². The number of para-hydroxylation sites is 1. The Bertz CT molecular complexity index is 1760. The van der Waals surface area contributed by atoms with E-state index >= 15 is 4.39 Å². The Morgan fingerprint density at radius 3 is 2.46 bits per heavy atom. The van der Waals surface area contributed by atoms with Crippen LogP contribution in [0.15, 0.2) is 48.8 Å². The lowest BCUT2D eigenvalue weighted by Gasteiger charge is -2.28. The van der Waals surface area contributed by atoms with E-state index in [1.165, 1.54) is 0 Å². The summed E-state index contributed by atoms with van der Waals surface area (Å²) in [6.45, 7) is 6.84. The third kappa shape index (κ3) is 4.56. The second-order valence-corrected chi connectivity index (χ2v) is 10.7. The van der Waals surface area contributed by atoms with Gasteiger partial charge in [0.05, 0.1) is 33.2 Å². The Labute approximate surface area is 239 Å². The van der Waals surface area contributed by atoms with Crippen molar-refractivity contribution in [2.75, 3.05) is 11.4 Å². The van der Waals surface area contributed by atoms with Crippen LogP contribution in [0.1, 0.15) is 47.4 Å². The normalized spacial score (nSPS) is 13.7. The van der Waals surface area contributed by atoms with Gasteiger partial charge >= 0.3 is 6.18 Å². The lowest BCUT2D eigenvalue weighted by molar-refractivity contribution is -0.138. The van der Waals surface area contributed by atoms with Crippen molar-refractivity contribution >= 4 is 28.3 Å². The second-order valence-electron chi connectivity index (χ2n) is 10.3. The molecule has 1 aliphatic rings. The number of aromatic nitrogens is 4. The number of aryl methyl sites for hydroxylation is 3. The van der Waals surface area contributed by atoms with Crippen LogP contribution in [-0.4, -0.2) is 26.3 Å². The number of rotatable bonds is 5. The molecule has 0 saturated carbocycles. The van der Waals surface area contributed by atoms with Crippen molar-refractivity contribution in [2.45, 2.75) is 52.8 Å². The van der Waals surface area contributed by atoms with Gasteiger partial charge in [-0.25, -0.2) is 14.1 Å². The van der Waals surface area contributed by atoms with Gasteiger partial charge in [0.15, 0.2) is 11.6 Å². The number of anilines is 1. The van der Waals surface area contributed by atoms with E-state index in [0.717, 1.165) is 68.6 Å². The van der Waals surface area contributed by atoms with Crippen LogP contribution in [0.25, 0.3) is 27.8 Å². The molecule has 0 bridgehead atoms. The quantitative estimate of drug-likeness (QED) is 0.213. The van der Waals surface area contributed by atoms with Gasteiger partial charge in [-0.05, 0) is 48.6 Å². The molecule has 0 radical (unpaired) electrons. The topological polar surface area (TPSA) is 49.7 Å². The Hall–Kier alpha value is -3.85. The Morgan fingerprint density at radius 2 is 1.80 bits per heavy atom. The molecule has 0 unspecified atom stereocenters. The third-order valence-electron chi connectivity index (χ3n) is 7.90. The van der Waals surface area contributed by atoms with Crippen LogP contribution < -0.4 is 4.90 Å². The van der Waals surface area contributed by atoms with Gasteiger partial charge in [0.1, 0.15) is 0 Å². The molecule has 2 aromatic carbocycles. The van der Waals surface area contributed by atoms with Gasteiger partial charge < -0.3 is 9.88 Å². The Balaban J connectivity index is 1.59. The van der Waals surface area contributed by atoms with Crippen molar-refractivity contribution in [3.8, 4) is 16.9 Å². The monoisotopic (exact) mass is 581 g/mol. The van der Waals surface area contributed by atoms with Crippen LogP contribution in [0.3, 0.4) is 0 Å². The van der Waals surface area contributed by atoms with E-state index in [2.05, 4.69) is 42.0 Å². The van der Waals surface area contributed by atoms with E-state index in [-0.39, 0.29) is 12.4 Å². The minimum absolute atomic E-state index is 0.107. The molecular weight excluding hydrogens is 554 g/mol. The highest BCUT2D eigenvalue weighted by Gasteiger charge is 2.34. The van der Waals surface area contributed by atoms with Crippen molar-refractivity contribution < 1.29 is 17.6 Å². The molecule has 4 heterocycles. The molecule has 41 heavy (non-hydrogen) atoms. The summed E-state index contributed by atoms with van der Waals surface area (Å²) in [6, 6.07) is 10.6. The highest BCUT2D eigenvalue weighted by Crippen LogP contribution is 2.41. The van der Waals surface area contributed by atoms with Crippen LogP contribution in [0, 0.1) is 12.7 Å². The average Bonchev–Trinajstić information content (AvgIpc) is 3.53. The summed E-state index contributed by atoms with van der Waals surface area (Å²) in [4.78, 5) is 8.88. The number of hydrogen-bond donors (Lipinski definition) is 1. The van der Waals surface area contributed by atoms with E-state index in [1.54, 1.807) is 4.90 Å². The first-order valence-corrected chi connectivity index (χ1v) is 14.0. The number of alkyl halides is 3. The number of aromatic amines is 1. The number of nitrogens with zero attached hydrogens (tertiary/aromatic N) is 4. The predicted molar refractivity (Wildman–Crippen MR) is 153 cm³/mol. The van der Waals surface area contributed by atoms with Crippen LogP contribution >= 0.6 is 11.6 Å². The SMILES string of the molecule is CCc1cccc(CC)c1-n1nc2c(c1-c1ccc(Cl)c3[nH]cc(C)c13)CN(c1ncc(C(F)(F)F)cc1F)CC2. The Morgan fingerprint density at radius 1 is 1.07 bits per heavy atom. The fourth-order valence-electron chi connectivity index (χ4n) is 5.88. The van der Waals surface area contributed by atoms with Crippen molar-refractivity contribution in [3.05, 3.63) is 93.1 Å². The van der Waals surface area contributed by atoms with Gasteiger partial charge in [0.2, 0.25) is 0 Å². The van der Waals surface area contributed by atoms with Crippen molar-refractivity contribution in [1.29, 1.82) is 0 Å². The molecule has 0 aliphatic carbocycles. The van der Waals surface area contributed by atoms with E-state index in [4.69, 9.17) is 16.7 Å². The first kappa shape index (κ1) is 27.3. The smallest absolute Gasteiger partial charge is 0.360 e. The van der Waals surface area contributed by atoms with Gasteiger partial charge in [-0.3, -0.25) is 0 Å². The highest BCUT2D eigenvalue weighted by molar-refractivity contribution is 6.35. The summed E-state index contributed by atoms with van der Waals surface area (Å²) in [5.74, 6) is -1.11. The summed E-state index contributed by atoms with van der Waals surface area (Å²) < 4.78 is 56.6. The molecule has 1 N–H and O–H groups in total. The first-order valence-electron chi connectivity index (χ1n) is 13.6. The number of fused-ring (bicyclic) bond motifs is 2. The summed E-state index contributed by atoms with van der Waals surface area (Å²) in [5.41, 5.74) is 7.56. The first-order chi connectivity index (χ1) is 19.6. The fraction of sp³-hybridized carbons (Fsp3) is 0.290. The minimum Gasteiger partial charge on any atom is -0.360 e. The maximum atomic E-state index is 15.1. The van der Waals surface area contributed by atoms with Gasteiger partial charge in [-0.1, -0.05) is 49.7 Å². The molecule has 0 spiro atoms. The fourth-order valence-corrected chi connectivity index (χ4v) is 6.09. The molecular formula is C31H28ClF4N5. The summed E-state index contributed by atoms with van der Waals surface area (Å²) in [6.07, 6.45) is 0.0236. The van der Waals surface area contributed by atoms with Crippen molar-refractivity contribution in [3.63, 3.8) is 0 Å². The van der Waals surface area contributed by atoms with Gasteiger partial charge in [0.25, 0.3) is 0 Å². The number of pyridine rings is 1. The molecule has 0 atom stereocenters. The van der Waals surface area contributed by atoms with Gasteiger partial charge in [-0.2, -0.15) is 18.3 Å². The number of H-pyrrole nitrogens is 1. The van der Waals surface area contributed by atoms with Crippen LogP contribution in [-0.2, 0) is 32.0 Å². The largest absolute Gasteiger partial charge is 0.417 e. The molecule has 5 nitrogen and oxygen atoms in total. The van der Waals surface area contributed by atoms with Crippen molar-refractivity contribution in [2.24, 2.45) is 0 Å². The lowest BCUT2D eigenvalue weighted by Crippen LogP contribution is -2.32.